The second-order valence-electron chi connectivity index (χ2n) is 3.86. The summed E-state index contributed by atoms with van der Waals surface area (Å²) >= 11 is 1.49. The molecule has 1 saturated heterocycles. The van der Waals surface area contributed by atoms with Crippen LogP contribution in [0.4, 0.5) is 4.39 Å². The van der Waals surface area contributed by atoms with Crippen LogP contribution in [0.3, 0.4) is 0 Å². The quantitative estimate of drug-likeness (QED) is 0.802. The summed E-state index contributed by atoms with van der Waals surface area (Å²) in [5.74, 6) is -0.210. The first-order valence-corrected chi connectivity index (χ1v) is 5.90. The molecule has 1 fully saturated rings. The molecule has 1 aromatic carbocycles. The Kier molecular flexibility index (Phi) is 2.18. The van der Waals surface area contributed by atoms with E-state index in [1.165, 1.54) is 35.0 Å². The predicted octanol–water partition coefficient (Wildman–Crippen LogP) is 2.86. The second-order valence-corrected chi connectivity index (χ2v) is 4.66. The van der Waals surface area contributed by atoms with Crippen LogP contribution in [0, 0.1) is 5.82 Å². The highest BCUT2D eigenvalue weighted by Crippen LogP contribution is 2.32. The fourth-order valence-electron chi connectivity index (χ4n) is 2.10. The lowest BCUT2D eigenvalue weighted by Crippen LogP contribution is -2.11. The van der Waals surface area contributed by atoms with E-state index in [0.29, 0.717) is 6.04 Å². The fourth-order valence-corrected chi connectivity index (χ4v) is 3.04. The Morgan fingerprint density at radius 1 is 1.47 bits per heavy atom. The first-order chi connectivity index (χ1) is 7.34. The van der Waals surface area contributed by atoms with E-state index >= 15 is 0 Å². The summed E-state index contributed by atoms with van der Waals surface area (Å²) in [7, 11) is 0. The largest absolute Gasteiger partial charge is 0.309 e. The monoisotopic (exact) mass is 222 g/mol. The van der Waals surface area contributed by atoms with Gasteiger partial charge in [-0.3, -0.25) is 0 Å². The van der Waals surface area contributed by atoms with E-state index in [1.54, 1.807) is 0 Å². The van der Waals surface area contributed by atoms with E-state index in [9.17, 15) is 4.39 Å². The maximum atomic E-state index is 13.0. The van der Waals surface area contributed by atoms with E-state index < -0.39 is 0 Å². The molecule has 0 unspecified atom stereocenters. The number of benzene rings is 1. The average molecular weight is 222 g/mol. The number of nitrogens with one attached hydrogen (secondary N) is 1. The van der Waals surface area contributed by atoms with Gasteiger partial charge in [-0.1, -0.05) is 0 Å². The summed E-state index contributed by atoms with van der Waals surface area (Å²) < 4.78 is 17.3. The van der Waals surface area contributed by atoms with Crippen molar-refractivity contribution < 1.29 is 4.39 Å². The van der Waals surface area contributed by atoms with Gasteiger partial charge < -0.3 is 5.32 Å². The van der Waals surface area contributed by atoms with Crippen LogP contribution in [0.1, 0.15) is 23.8 Å². The zero-order chi connectivity index (χ0) is 10.3. The molecular formula is C11H11FN2S. The molecule has 3 rings (SSSR count). The maximum absolute atomic E-state index is 13.0. The zero-order valence-corrected chi connectivity index (χ0v) is 8.98. The molecule has 0 saturated carbocycles. The van der Waals surface area contributed by atoms with Gasteiger partial charge >= 0.3 is 0 Å². The normalized spacial score (nSPS) is 21.3. The summed E-state index contributed by atoms with van der Waals surface area (Å²) in [6, 6.07) is 5.27. The number of nitrogens with zero attached hydrogens (tertiary/aromatic N) is 1. The van der Waals surface area contributed by atoms with Gasteiger partial charge in [0.2, 0.25) is 0 Å². The SMILES string of the molecule is Fc1ccc2c([C@H]3CCCN3)snc2c1. The molecule has 0 radical (unpaired) electrons. The number of halogens is 1. The topological polar surface area (TPSA) is 24.9 Å². The Hall–Kier alpha value is -1.00. The van der Waals surface area contributed by atoms with Gasteiger partial charge in [-0.15, -0.1) is 0 Å². The highest BCUT2D eigenvalue weighted by atomic mass is 32.1. The molecular weight excluding hydrogens is 211 g/mol. The number of fused-ring (bicyclic) bond motifs is 1. The molecule has 78 valence electrons. The molecule has 1 atom stereocenters. The first kappa shape index (κ1) is 9.24. The number of rotatable bonds is 1. The van der Waals surface area contributed by atoms with Gasteiger partial charge in [0.05, 0.1) is 10.4 Å². The highest BCUT2D eigenvalue weighted by molar-refractivity contribution is 7.07. The van der Waals surface area contributed by atoms with Gasteiger partial charge in [0, 0.05) is 17.5 Å². The standard InChI is InChI=1S/C11H11FN2S/c12-7-3-4-8-10(6-7)14-15-11(8)9-2-1-5-13-9/h3-4,6,9,13H,1-2,5H2/t9-/m1/s1. The lowest BCUT2D eigenvalue weighted by atomic mass is 10.1. The Morgan fingerprint density at radius 2 is 2.40 bits per heavy atom. The van der Waals surface area contributed by atoms with Gasteiger partial charge in [0.25, 0.3) is 0 Å². The molecule has 2 aromatic rings. The molecule has 1 N–H and O–H groups in total. The molecule has 2 heterocycles. The number of hydrogen-bond donors (Lipinski definition) is 1. The van der Waals surface area contributed by atoms with Gasteiger partial charge in [0.1, 0.15) is 5.82 Å². The van der Waals surface area contributed by atoms with Gasteiger partial charge in [-0.25, -0.2) is 4.39 Å². The molecule has 2 nitrogen and oxygen atoms in total. The van der Waals surface area contributed by atoms with Crippen LogP contribution in [0.15, 0.2) is 18.2 Å². The molecule has 1 aliphatic heterocycles. The zero-order valence-electron chi connectivity index (χ0n) is 8.16. The van der Waals surface area contributed by atoms with Crippen molar-refractivity contribution in [3.05, 3.63) is 28.9 Å². The third-order valence-electron chi connectivity index (χ3n) is 2.84. The Labute approximate surface area is 91.3 Å². The summed E-state index contributed by atoms with van der Waals surface area (Å²) in [5.41, 5.74) is 0.781. The van der Waals surface area contributed by atoms with Crippen LogP contribution in [0.25, 0.3) is 10.9 Å². The van der Waals surface area contributed by atoms with Crippen LogP contribution in [-0.4, -0.2) is 10.9 Å². The maximum Gasteiger partial charge on any atom is 0.125 e. The van der Waals surface area contributed by atoms with Gasteiger partial charge in [-0.05, 0) is 43.1 Å². The molecule has 1 aromatic heterocycles. The Morgan fingerprint density at radius 3 is 3.20 bits per heavy atom. The van der Waals surface area contributed by atoms with Crippen LogP contribution < -0.4 is 5.32 Å². The van der Waals surface area contributed by atoms with Crippen molar-refractivity contribution in [2.24, 2.45) is 0 Å². The van der Waals surface area contributed by atoms with E-state index in [4.69, 9.17) is 0 Å². The molecule has 4 heteroatoms. The molecule has 0 amide bonds. The molecule has 0 bridgehead atoms. The van der Waals surface area contributed by atoms with Crippen molar-refractivity contribution in [2.75, 3.05) is 6.54 Å². The van der Waals surface area contributed by atoms with Crippen LogP contribution in [0.2, 0.25) is 0 Å². The van der Waals surface area contributed by atoms with E-state index in [2.05, 4.69) is 9.69 Å². The van der Waals surface area contributed by atoms with E-state index in [-0.39, 0.29) is 5.82 Å². The predicted molar refractivity (Wildman–Crippen MR) is 59.6 cm³/mol. The van der Waals surface area contributed by atoms with Crippen molar-refractivity contribution in [3.8, 4) is 0 Å². The summed E-state index contributed by atoms with van der Waals surface area (Å²) in [6.45, 7) is 1.07. The van der Waals surface area contributed by atoms with Crippen molar-refractivity contribution in [1.82, 2.24) is 9.69 Å². The Bertz CT molecular complexity index is 488. The van der Waals surface area contributed by atoms with Crippen LogP contribution in [-0.2, 0) is 0 Å². The highest BCUT2D eigenvalue weighted by Gasteiger charge is 2.20. The summed E-state index contributed by atoms with van der Waals surface area (Å²) in [5, 5.41) is 4.54. The van der Waals surface area contributed by atoms with Gasteiger partial charge in [-0.2, -0.15) is 4.37 Å². The fraction of sp³-hybridized carbons (Fsp3) is 0.364. The number of hydrogen-bond acceptors (Lipinski definition) is 3. The smallest absolute Gasteiger partial charge is 0.125 e. The van der Waals surface area contributed by atoms with Crippen LogP contribution >= 0.6 is 11.5 Å². The third kappa shape index (κ3) is 1.54. The molecule has 15 heavy (non-hydrogen) atoms. The summed E-state index contributed by atoms with van der Waals surface area (Å²) in [4.78, 5) is 1.25. The molecule has 0 spiro atoms. The van der Waals surface area contributed by atoms with Crippen molar-refractivity contribution in [3.63, 3.8) is 0 Å². The minimum absolute atomic E-state index is 0.210. The lowest BCUT2D eigenvalue weighted by molar-refractivity contribution is 0.629. The minimum Gasteiger partial charge on any atom is -0.309 e. The lowest BCUT2D eigenvalue weighted by Gasteiger charge is -2.06. The number of aromatic nitrogens is 1. The second kappa shape index (κ2) is 3.54. The van der Waals surface area contributed by atoms with Gasteiger partial charge in [0.15, 0.2) is 0 Å². The van der Waals surface area contributed by atoms with Crippen LogP contribution in [0.5, 0.6) is 0 Å². The average Bonchev–Trinajstić information content (AvgIpc) is 2.82. The van der Waals surface area contributed by atoms with Crippen molar-refractivity contribution >= 4 is 22.4 Å². The third-order valence-corrected chi connectivity index (χ3v) is 3.83. The Balaban J connectivity index is 2.11. The van der Waals surface area contributed by atoms with E-state index in [1.807, 2.05) is 6.07 Å². The molecule has 1 aliphatic rings. The first-order valence-electron chi connectivity index (χ1n) is 5.13. The summed E-state index contributed by atoms with van der Waals surface area (Å²) in [6.07, 6.45) is 2.37. The molecule has 0 aliphatic carbocycles. The van der Waals surface area contributed by atoms with Crippen molar-refractivity contribution in [1.29, 1.82) is 0 Å². The van der Waals surface area contributed by atoms with E-state index in [0.717, 1.165) is 23.9 Å². The van der Waals surface area contributed by atoms with Crippen molar-refractivity contribution in [2.45, 2.75) is 18.9 Å². The minimum atomic E-state index is -0.210.